The summed E-state index contributed by atoms with van der Waals surface area (Å²) in [7, 11) is 0. The van der Waals surface area contributed by atoms with Crippen molar-refractivity contribution in [3.63, 3.8) is 0 Å². The van der Waals surface area contributed by atoms with E-state index in [4.69, 9.17) is 11.6 Å². The number of thioether (sulfide) groups is 1. The molecule has 4 aliphatic carbocycles. The molecule has 144 valence electrons. The second kappa shape index (κ2) is 7.23. The molecule has 1 N–H and O–H groups in total. The lowest BCUT2D eigenvalue weighted by Crippen LogP contribution is -2.47. The molecule has 0 unspecified atom stereocenters. The molecule has 4 aliphatic rings. The summed E-state index contributed by atoms with van der Waals surface area (Å²) in [6.45, 7) is 0.834. The molecule has 1 heterocycles. The van der Waals surface area contributed by atoms with E-state index in [0.29, 0.717) is 16.2 Å². The van der Waals surface area contributed by atoms with Crippen molar-refractivity contribution in [1.29, 1.82) is 0 Å². The van der Waals surface area contributed by atoms with Gasteiger partial charge in [0.25, 0.3) is 0 Å². The van der Waals surface area contributed by atoms with Gasteiger partial charge in [0.2, 0.25) is 5.91 Å². The van der Waals surface area contributed by atoms with Crippen LogP contribution in [0.4, 0.5) is 0 Å². The highest BCUT2D eigenvalue weighted by Gasteiger charge is 2.50. The second-order valence-corrected chi connectivity index (χ2v) is 11.6. The highest BCUT2D eigenvalue weighted by molar-refractivity contribution is 8.01. The van der Waals surface area contributed by atoms with Gasteiger partial charge >= 0.3 is 0 Å². The standard InChI is InChI=1S/C21H25ClN2OS2/c22-16-1-2-18-17(8-16)24-20(27-18)26-12-19(25)23-4-3-21-9-13-5-14(10-21)7-15(6-13)11-21/h1-2,8,13-15H,3-7,9-12H2,(H,23,25). The van der Waals surface area contributed by atoms with Crippen LogP contribution in [0.1, 0.15) is 44.9 Å². The zero-order valence-electron chi connectivity index (χ0n) is 15.4. The molecule has 4 fully saturated rings. The van der Waals surface area contributed by atoms with Gasteiger partial charge in [-0.1, -0.05) is 23.4 Å². The van der Waals surface area contributed by atoms with Gasteiger partial charge in [0.1, 0.15) is 0 Å². The molecule has 1 aromatic heterocycles. The summed E-state index contributed by atoms with van der Waals surface area (Å²) >= 11 is 9.16. The van der Waals surface area contributed by atoms with E-state index in [1.807, 2.05) is 18.2 Å². The van der Waals surface area contributed by atoms with Crippen LogP contribution in [-0.2, 0) is 4.79 Å². The lowest BCUT2D eigenvalue weighted by Gasteiger charge is -2.57. The van der Waals surface area contributed by atoms with Gasteiger partial charge in [-0.15, -0.1) is 11.3 Å². The molecule has 27 heavy (non-hydrogen) atoms. The largest absolute Gasteiger partial charge is 0.355 e. The van der Waals surface area contributed by atoms with Crippen LogP contribution >= 0.6 is 34.7 Å². The molecule has 0 spiro atoms. The fourth-order valence-corrected chi connectivity index (χ4v) is 8.23. The first kappa shape index (κ1) is 18.3. The van der Waals surface area contributed by atoms with Crippen LogP contribution in [0.15, 0.2) is 22.5 Å². The number of amides is 1. The number of fused-ring (bicyclic) bond motifs is 1. The van der Waals surface area contributed by atoms with Crippen molar-refractivity contribution in [3.05, 3.63) is 23.2 Å². The number of rotatable bonds is 6. The van der Waals surface area contributed by atoms with Crippen molar-refractivity contribution in [1.82, 2.24) is 10.3 Å². The minimum atomic E-state index is 0.127. The Morgan fingerprint density at radius 3 is 2.63 bits per heavy atom. The average molecular weight is 421 g/mol. The molecule has 1 aromatic carbocycles. The molecule has 1 amide bonds. The highest BCUT2D eigenvalue weighted by Crippen LogP contribution is 2.61. The van der Waals surface area contributed by atoms with Gasteiger partial charge in [-0.2, -0.15) is 0 Å². The Hall–Kier alpha value is -0.780. The summed E-state index contributed by atoms with van der Waals surface area (Å²) in [6.07, 6.45) is 9.86. The highest BCUT2D eigenvalue weighted by atomic mass is 35.5. The first-order valence-corrected chi connectivity index (χ1v) is 12.2. The molecule has 4 saturated carbocycles. The van der Waals surface area contributed by atoms with Gasteiger partial charge in [0, 0.05) is 11.6 Å². The number of nitrogens with one attached hydrogen (secondary N) is 1. The summed E-state index contributed by atoms with van der Waals surface area (Å²) in [5.41, 5.74) is 1.46. The topological polar surface area (TPSA) is 42.0 Å². The smallest absolute Gasteiger partial charge is 0.230 e. The molecule has 6 heteroatoms. The SMILES string of the molecule is O=C(CSc1nc2cc(Cl)ccc2s1)NCCC12CC3CC(CC(C3)C1)C2. The van der Waals surface area contributed by atoms with E-state index in [1.165, 1.54) is 56.7 Å². The van der Waals surface area contributed by atoms with Gasteiger partial charge in [-0.05, 0) is 86.3 Å². The molecular formula is C21H25ClN2OS2. The van der Waals surface area contributed by atoms with E-state index >= 15 is 0 Å². The van der Waals surface area contributed by atoms with Crippen molar-refractivity contribution in [2.75, 3.05) is 12.3 Å². The Labute approximate surface area is 173 Å². The van der Waals surface area contributed by atoms with Crippen molar-refractivity contribution in [2.24, 2.45) is 23.2 Å². The Kier molecular flexibility index (Phi) is 4.89. The fraction of sp³-hybridized carbons (Fsp3) is 0.619. The molecule has 6 rings (SSSR count). The Balaban J connectivity index is 1.10. The van der Waals surface area contributed by atoms with Crippen molar-refractivity contribution < 1.29 is 4.79 Å². The Morgan fingerprint density at radius 1 is 1.22 bits per heavy atom. The third-order valence-electron chi connectivity index (χ3n) is 6.80. The maximum absolute atomic E-state index is 12.3. The van der Waals surface area contributed by atoms with Gasteiger partial charge < -0.3 is 5.32 Å². The number of hydrogen-bond acceptors (Lipinski definition) is 4. The Morgan fingerprint density at radius 2 is 1.93 bits per heavy atom. The van der Waals surface area contributed by atoms with Gasteiger partial charge in [-0.3, -0.25) is 4.79 Å². The van der Waals surface area contributed by atoms with E-state index in [0.717, 1.165) is 38.9 Å². The second-order valence-electron chi connectivity index (χ2n) is 8.90. The summed E-state index contributed by atoms with van der Waals surface area (Å²) in [5.74, 6) is 3.51. The number of carbonyl (C=O) groups is 1. The summed E-state index contributed by atoms with van der Waals surface area (Å²) in [4.78, 5) is 16.9. The van der Waals surface area contributed by atoms with E-state index in [1.54, 1.807) is 11.3 Å². The van der Waals surface area contributed by atoms with E-state index in [9.17, 15) is 4.79 Å². The average Bonchev–Trinajstić information content (AvgIpc) is 3.00. The number of benzene rings is 1. The predicted molar refractivity (Wildman–Crippen MR) is 114 cm³/mol. The first-order valence-electron chi connectivity index (χ1n) is 10.0. The van der Waals surface area contributed by atoms with Gasteiger partial charge in [0.05, 0.1) is 16.0 Å². The predicted octanol–water partition coefficient (Wildman–Crippen LogP) is 5.76. The normalized spacial score (nSPS) is 31.5. The third-order valence-corrected chi connectivity index (χ3v) is 9.21. The molecular weight excluding hydrogens is 396 g/mol. The molecule has 2 aromatic rings. The molecule has 4 bridgehead atoms. The van der Waals surface area contributed by atoms with Crippen LogP contribution in [0.5, 0.6) is 0 Å². The van der Waals surface area contributed by atoms with Gasteiger partial charge in [0.15, 0.2) is 4.34 Å². The summed E-state index contributed by atoms with van der Waals surface area (Å²) in [5, 5.41) is 3.87. The Bertz CT molecular complexity index is 830. The van der Waals surface area contributed by atoms with Gasteiger partial charge in [-0.25, -0.2) is 4.98 Å². The number of hydrogen-bond donors (Lipinski definition) is 1. The van der Waals surface area contributed by atoms with Crippen LogP contribution in [0.3, 0.4) is 0 Å². The van der Waals surface area contributed by atoms with E-state index in [2.05, 4.69) is 10.3 Å². The fourth-order valence-electron chi connectivity index (χ4n) is 6.18. The van der Waals surface area contributed by atoms with Crippen LogP contribution in [0.25, 0.3) is 10.2 Å². The van der Waals surface area contributed by atoms with Crippen molar-refractivity contribution >= 4 is 50.8 Å². The van der Waals surface area contributed by atoms with E-state index in [-0.39, 0.29) is 5.91 Å². The van der Waals surface area contributed by atoms with E-state index < -0.39 is 0 Å². The maximum Gasteiger partial charge on any atom is 0.230 e. The number of halogens is 1. The number of aromatic nitrogens is 1. The maximum atomic E-state index is 12.3. The molecule has 0 aliphatic heterocycles. The lowest BCUT2D eigenvalue weighted by atomic mass is 9.49. The minimum Gasteiger partial charge on any atom is -0.355 e. The molecule has 0 atom stereocenters. The quantitative estimate of drug-likeness (QED) is 0.603. The number of thiazole rings is 1. The lowest BCUT2D eigenvalue weighted by molar-refractivity contribution is -0.119. The first-order chi connectivity index (χ1) is 13.1. The summed E-state index contributed by atoms with van der Waals surface area (Å²) in [6, 6.07) is 5.75. The zero-order valence-corrected chi connectivity index (χ0v) is 17.8. The van der Waals surface area contributed by atoms with Crippen LogP contribution < -0.4 is 5.32 Å². The number of nitrogens with zero attached hydrogens (tertiary/aromatic N) is 1. The molecule has 0 saturated heterocycles. The number of carbonyl (C=O) groups excluding carboxylic acids is 1. The van der Waals surface area contributed by atoms with Crippen molar-refractivity contribution in [3.8, 4) is 0 Å². The van der Waals surface area contributed by atoms with Crippen molar-refractivity contribution in [2.45, 2.75) is 49.3 Å². The molecule has 0 radical (unpaired) electrons. The summed E-state index contributed by atoms with van der Waals surface area (Å²) < 4.78 is 2.05. The van der Waals surface area contributed by atoms with Crippen LogP contribution in [0.2, 0.25) is 5.02 Å². The molecule has 3 nitrogen and oxygen atoms in total. The minimum absolute atomic E-state index is 0.127. The third kappa shape index (κ3) is 3.88. The zero-order chi connectivity index (χ0) is 18.4. The van der Waals surface area contributed by atoms with Crippen LogP contribution in [-0.4, -0.2) is 23.2 Å². The van der Waals surface area contributed by atoms with Crippen LogP contribution in [0, 0.1) is 23.2 Å². The monoisotopic (exact) mass is 420 g/mol.